The van der Waals surface area contributed by atoms with Gasteiger partial charge in [0.1, 0.15) is 0 Å². The lowest BCUT2D eigenvalue weighted by Crippen LogP contribution is -2.12. The van der Waals surface area contributed by atoms with E-state index < -0.39 is 12.6 Å². The highest BCUT2D eigenvalue weighted by Crippen LogP contribution is 2.26. The summed E-state index contributed by atoms with van der Waals surface area (Å²) in [4.78, 5) is 7.16. The second-order valence-corrected chi connectivity index (χ2v) is 4.87. The van der Waals surface area contributed by atoms with Crippen molar-refractivity contribution in [2.45, 2.75) is 19.1 Å². The van der Waals surface area contributed by atoms with Gasteiger partial charge in [0.2, 0.25) is 0 Å². The molecule has 0 aliphatic carbocycles. The van der Waals surface area contributed by atoms with Crippen molar-refractivity contribution in [3.05, 3.63) is 35.2 Å². The number of rotatable bonds is 2. The van der Waals surface area contributed by atoms with Crippen molar-refractivity contribution in [2.75, 3.05) is 0 Å². The first-order valence-electron chi connectivity index (χ1n) is 5.99. The molecule has 3 aromatic rings. The summed E-state index contributed by atoms with van der Waals surface area (Å²) in [5, 5.41) is 0.791. The summed E-state index contributed by atoms with van der Waals surface area (Å²) >= 11 is 5.12. The number of nitrogens with one attached hydrogen (secondary N) is 1. The zero-order chi connectivity index (χ0) is 14.3. The van der Waals surface area contributed by atoms with Crippen LogP contribution in [0.4, 0.5) is 13.2 Å². The molecule has 3 nitrogen and oxygen atoms in total. The largest absolute Gasteiger partial charge is 0.390 e. The van der Waals surface area contributed by atoms with Crippen LogP contribution in [0.3, 0.4) is 0 Å². The van der Waals surface area contributed by atoms with Crippen molar-refractivity contribution in [1.29, 1.82) is 0 Å². The lowest BCUT2D eigenvalue weighted by Gasteiger charge is -2.09. The smallest absolute Gasteiger partial charge is 0.329 e. The number of hydrogen-bond acceptors (Lipinski definition) is 2. The molecule has 1 N–H and O–H groups in total. The number of imidazole rings is 1. The molecule has 0 saturated carbocycles. The van der Waals surface area contributed by atoms with Crippen molar-refractivity contribution in [1.82, 2.24) is 14.5 Å². The number of pyridine rings is 1. The summed E-state index contributed by atoms with van der Waals surface area (Å²) in [6, 6.07) is 7.31. The number of aromatic nitrogens is 3. The van der Waals surface area contributed by atoms with Crippen molar-refractivity contribution >= 4 is 34.2 Å². The number of H-pyrrole nitrogens is 1. The summed E-state index contributed by atoms with van der Waals surface area (Å²) in [6.45, 7) is -0.198. The highest BCUT2D eigenvalue weighted by atomic mass is 32.1. The number of halogens is 3. The summed E-state index contributed by atoms with van der Waals surface area (Å²) in [6.07, 6.45) is -3.52. The van der Waals surface area contributed by atoms with Crippen LogP contribution in [0.25, 0.3) is 21.9 Å². The van der Waals surface area contributed by atoms with Gasteiger partial charge in [-0.1, -0.05) is 18.2 Å². The lowest BCUT2D eigenvalue weighted by molar-refractivity contribution is -0.136. The molecule has 2 heterocycles. The maximum absolute atomic E-state index is 12.4. The Bertz CT molecular complexity index is 832. The summed E-state index contributed by atoms with van der Waals surface area (Å²) in [7, 11) is 0. The molecule has 104 valence electrons. The standard InChI is InChI=1S/C13H10F3N3S/c14-13(15,16)5-6-19-11-8-3-1-2-4-9(8)17-7-10(11)18-12(19)20/h1-4,7H,5-6H2,(H,18,20). The first-order valence-corrected chi connectivity index (χ1v) is 6.39. The zero-order valence-corrected chi connectivity index (χ0v) is 11.1. The molecule has 20 heavy (non-hydrogen) atoms. The Kier molecular flexibility index (Phi) is 3.01. The van der Waals surface area contributed by atoms with E-state index in [0.717, 1.165) is 10.9 Å². The predicted molar refractivity (Wildman–Crippen MR) is 73.1 cm³/mol. The van der Waals surface area contributed by atoms with Gasteiger partial charge in [-0.2, -0.15) is 13.2 Å². The minimum Gasteiger partial charge on any atom is -0.329 e. The fraction of sp³-hybridized carbons (Fsp3) is 0.231. The Hall–Kier alpha value is -1.89. The topological polar surface area (TPSA) is 33.6 Å². The van der Waals surface area contributed by atoms with Gasteiger partial charge in [0.15, 0.2) is 4.77 Å². The first kappa shape index (κ1) is 13.1. The minimum absolute atomic E-state index is 0.198. The Labute approximate surface area is 117 Å². The van der Waals surface area contributed by atoms with Crippen LogP contribution in [0, 0.1) is 4.77 Å². The first-order chi connectivity index (χ1) is 9.46. The van der Waals surface area contributed by atoms with E-state index in [1.807, 2.05) is 24.3 Å². The molecule has 7 heteroatoms. The maximum Gasteiger partial charge on any atom is 0.390 e. The molecule has 0 spiro atoms. The average Bonchev–Trinajstić information content (AvgIpc) is 2.71. The van der Waals surface area contributed by atoms with Gasteiger partial charge in [0.05, 0.1) is 29.2 Å². The molecule has 0 aliphatic heterocycles. The van der Waals surface area contributed by atoms with Crippen LogP contribution in [0.2, 0.25) is 0 Å². The number of hydrogen-bond donors (Lipinski definition) is 1. The summed E-state index contributed by atoms with van der Waals surface area (Å²) in [5.41, 5.74) is 2.05. The molecule has 3 rings (SSSR count). The van der Waals surface area contributed by atoms with E-state index in [1.165, 1.54) is 4.57 Å². The highest BCUT2D eigenvalue weighted by molar-refractivity contribution is 7.71. The third kappa shape index (κ3) is 2.29. The molecular weight excluding hydrogens is 287 g/mol. The van der Waals surface area contributed by atoms with Crippen molar-refractivity contribution in [3.8, 4) is 0 Å². The predicted octanol–water partition coefficient (Wildman–Crippen LogP) is 4.20. The van der Waals surface area contributed by atoms with E-state index in [1.54, 1.807) is 6.20 Å². The monoisotopic (exact) mass is 297 g/mol. The van der Waals surface area contributed by atoms with Crippen LogP contribution in [0.1, 0.15) is 6.42 Å². The van der Waals surface area contributed by atoms with Crippen LogP contribution in [0.15, 0.2) is 30.5 Å². The second-order valence-electron chi connectivity index (χ2n) is 4.48. The van der Waals surface area contributed by atoms with Gasteiger partial charge >= 0.3 is 6.18 Å². The van der Waals surface area contributed by atoms with E-state index in [-0.39, 0.29) is 11.3 Å². The fourth-order valence-electron chi connectivity index (χ4n) is 2.25. The molecule has 0 amide bonds. The van der Waals surface area contributed by atoms with E-state index in [0.29, 0.717) is 11.0 Å². The van der Waals surface area contributed by atoms with Crippen molar-refractivity contribution in [2.24, 2.45) is 0 Å². The molecule has 1 aromatic carbocycles. The van der Waals surface area contributed by atoms with Crippen LogP contribution >= 0.6 is 12.2 Å². The number of alkyl halides is 3. The Morgan fingerprint density at radius 2 is 2.00 bits per heavy atom. The van der Waals surface area contributed by atoms with E-state index >= 15 is 0 Å². The van der Waals surface area contributed by atoms with Gasteiger partial charge in [0.25, 0.3) is 0 Å². The molecule has 0 bridgehead atoms. The minimum atomic E-state index is -4.21. The van der Waals surface area contributed by atoms with Crippen molar-refractivity contribution < 1.29 is 13.2 Å². The highest BCUT2D eigenvalue weighted by Gasteiger charge is 2.27. The van der Waals surface area contributed by atoms with Gasteiger partial charge < -0.3 is 9.55 Å². The maximum atomic E-state index is 12.4. The molecule has 0 aliphatic rings. The zero-order valence-electron chi connectivity index (χ0n) is 10.2. The molecule has 0 saturated heterocycles. The Morgan fingerprint density at radius 1 is 1.25 bits per heavy atom. The number of fused-ring (bicyclic) bond motifs is 3. The average molecular weight is 297 g/mol. The van der Waals surface area contributed by atoms with Crippen LogP contribution in [-0.2, 0) is 6.54 Å². The fourth-order valence-corrected chi connectivity index (χ4v) is 2.54. The Morgan fingerprint density at radius 3 is 2.75 bits per heavy atom. The van der Waals surface area contributed by atoms with Crippen molar-refractivity contribution in [3.63, 3.8) is 0 Å². The molecular formula is C13H10F3N3S. The van der Waals surface area contributed by atoms with Gasteiger partial charge in [-0.15, -0.1) is 0 Å². The van der Waals surface area contributed by atoms with Crippen LogP contribution < -0.4 is 0 Å². The SMILES string of the molecule is FC(F)(F)CCn1c(=S)[nH]c2cnc3ccccc3c21. The molecule has 0 fully saturated rings. The van der Waals surface area contributed by atoms with Gasteiger partial charge in [0, 0.05) is 11.9 Å². The van der Waals surface area contributed by atoms with Gasteiger partial charge in [-0.25, -0.2) is 0 Å². The van der Waals surface area contributed by atoms with Gasteiger partial charge in [-0.3, -0.25) is 4.98 Å². The summed E-state index contributed by atoms with van der Waals surface area (Å²) in [5.74, 6) is 0. The van der Waals surface area contributed by atoms with E-state index in [9.17, 15) is 13.2 Å². The van der Waals surface area contributed by atoms with E-state index in [4.69, 9.17) is 12.2 Å². The van der Waals surface area contributed by atoms with Crippen LogP contribution in [-0.4, -0.2) is 20.7 Å². The third-order valence-electron chi connectivity index (χ3n) is 3.12. The second kappa shape index (κ2) is 4.59. The number of nitrogens with zero attached hydrogens (tertiary/aromatic N) is 2. The number of para-hydroxylation sites is 1. The number of aromatic amines is 1. The number of benzene rings is 1. The third-order valence-corrected chi connectivity index (χ3v) is 3.45. The van der Waals surface area contributed by atoms with Crippen LogP contribution in [0.5, 0.6) is 0 Å². The lowest BCUT2D eigenvalue weighted by atomic mass is 10.2. The number of aryl methyl sites for hydroxylation is 1. The molecule has 0 unspecified atom stereocenters. The van der Waals surface area contributed by atoms with Gasteiger partial charge in [-0.05, 0) is 18.3 Å². The molecule has 2 aromatic heterocycles. The normalized spacial score (nSPS) is 12.3. The van der Waals surface area contributed by atoms with E-state index in [2.05, 4.69) is 9.97 Å². The molecule has 0 atom stereocenters. The summed E-state index contributed by atoms with van der Waals surface area (Å²) < 4.78 is 39.0. The Balaban J connectivity index is 2.22. The molecule has 0 radical (unpaired) electrons. The quantitative estimate of drug-likeness (QED) is 0.719.